The molecule has 0 radical (unpaired) electrons. The molecule has 0 aromatic heterocycles. The van der Waals surface area contributed by atoms with E-state index in [-0.39, 0.29) is 30.3 Å². The molecule has 1 N–H and O–H groups in total. The molecule has 35 heavy (non-hydrogen) atoms. The largest absolute Gasteiger partial charge is 0.481 e. The minimum Gasteiger partial charge on any atom is -0.481 e. The van der Waals surface area contributed by atoms with Gasteiger partial charge in [-0.05, 0) is 67.0 Å². The van der Waals surface area contributed by atoms with Crippen LogP contribution in [0.3, 0.4) is 0 Å². The van der Waals surface area contributed by atoms with Gasteiger partial charge in [0, 0.05) is 22.6 Å². The molecule has 0 spiro atoms. The summed E-state index contributed by atoms with van der Waals surface area (Å²) in [5, 5.41) is 11.0. The lowest BCUT2D eigenvalue weighted by Crippen LogP contribution is -2.57. The van der Waals surface area contributed by atoms with E-state index in [0.29, 0.717) is 42.0 Å². The van der Waals surface area contributed by atoms with Crippen LogP contribution in [0.4, 0.5) is 0 Å². The maximum atomic E-state index is 14.1. The fourth-order valence-electron chi connectivity index (χ4n) is 5.33. The third-order valence-electron chi connectivity index (χ3n) is 7.36. The van der Waals surface area contributed by atoms with Crippen molar-refractivity contribution in [3.8, 4) is 0 Å². The third kappa shape index (κ3) is 6.02. The van der Waals surface area contributed by atoms with Gasteiger partial charge in [-0.3, -0.25) is 9.59 Å². The molecule has 0 unspecified atom stereocenters. The zero-order valence-corrected chi connectivity index (χ0v) is 21.8. The Morgan fingerprint density at radius 2 is 1.86 bits per heavy atom. The predicted molar refractivity (Wildman–Crippen MR) is 138 cm³/mol. The number of carbonyl (C=O) groups is 2. The van der Waals surface area contributed by atoms with E-state index < -0.39 is 11.4 Å². The van der Waals surface area contributed by atoms with Gasteiger partial charge >= 0.3 is 5.97 Å². The monoisotopic (exact) mass is 517 g/mol. The van der Waals surface area contributed by atoms with Crippen molar-refractivity contribution in [1.29, 1.82) is 0 Å². The molecule has 1 heterocycles. The van der Waals surface area contributed by atoms with E-state index in [1.165, 1.54) is 12.8 Å². The van der Waals surface area contributed by atoms with Gasteiger partial charge in [-0.1, -0.05) is 61.3 Å². The summed E-state index contributed by atoms with van der Waals surface area (Å²) in [6.07, 6.45) is 3.26. The highest BCUT2D eigenvalue weighted by molar-refractivity contribution is 6.30. The summed E-state index contributed by atoms with van der Waals surface area (Å²) in [6.45, 7) is 4.96. The molecule has 1 saturated carbocycles. The zero-order chi connectivity index (χ0) is 25.2. The van der Waals surface area contributed by atoms with Crippen LogP contribution in [-0.2, 0) is 14.3 Å². The molecule has 2 fully saturated rings. The number of hydrogen-bond donors (Lipinski definition) is 1. The first-order valence-electron chi connectivity index (χ1n) is 12.3. The van der Waals surface area contributed by atoms with E-state index in [2.05, 4.69) is 6.92 Å². The number of likely N-dealkylation sites (tertiary alicyclic amines) is 1. The van der Waals surface area contributed by atoms with E-state index in [4.69, 9.17) is 27.9 Å². The Morgan fingerprint density at radius 3 is 2.46 bits per heavy atom. The van der Waals surface area contributed by atoms with Crippen LogP contribution in [-0.4, -0.2) is 41.1 Å². The van der Waals surface area contributed by atoms with Gasteiger partial charge in [-0.2, -0.15) is 0 Å². The molecule has 5 nitrogen and oxygen atoms in total. The molecule has 1 saturated heterocycles. The molecule has 2 aromatic carbocycles. The van der Waals surface area contributed by atoms with E-state index in [1.54, 1.807) is 6.92 Å². The number of aliphatic carboxylic acids is 1. The van der Waals surface area contributed by atoms with Crippen molar-refractivity contribution >= 4 is 35.1 Å². The standard InChI is InChI=1S/C28H33Cl2NO4/c1-3-23(17-35-16-18-7-8-18)31-26(19-9-11-21(29)12-10-19)24(20-5-4-6-22(30)13-20)14-28(2,27(31)34)15-25(32)33/h4-6,9-13,18,23-24,26H,3,7-8,14-17H2,1-2H3,(H,32,33)/t23-,24+,26+,28-/m0/s1. The summed E-state index contributed by atoms with van der Waals surface area (Å²) < 4.78 is 6.07. The van der Waals surface area contributed by atoms with Crippen LogP contribution in [0.5, 0.6) is 0 Å². The van der Waals surface area contributed by atoms with Crippen molar-refractivity contribution in [2.24, 2.45) is 11.3 Å². The van der Waals surface area contributed by atoms with Gasteiger partial charge in [0.15, 0.2) is 0 Å². The van der Waals surface area contributed by atoms with Crippen molar-refractivity contribution in [3.63, 3.8) is 0 Å². The average Bonchev–Trinajstić information content (AvgIpc) is 3.63. The molecule has 2 aliphatic rings. The lowest BCUT2D eigenvalue weighted by molar-refractivity contribution is -0.162. The third-order valence-corrected chi connectivity index (χ3v) is 7.84. The number of piperidine rings is 1. The minimum absolute atomic E-state index is 0.139. The number of nitrogens with zero attached hydrogens (tertiary/aromatic N) is 1. The number of carboxylic acids is 1. The topological polar surface area (TPSA) is 66.8 Å². The molecule has 2 aromatic rings. The molecule has 4 atom stereocenters. The maximum absolute atomic E-state index is 14.1. The molecule has 7 heteroatoms. The minimum atomic E-state index is -1.05. The Hall–Kier alpha value is -2.08. The average molecular weight is 518 g/mol. The number of carboxylic acid groups (broad SMARTS) is 1. The molecule has 1 aliphatic heterocycles. The lowest BCUT2D eigenvalue weighted by atomic mass is 9.67. The van der Waals surface area contributed by atoms with Gasteiger partial charge < -0.3 is 14.7 Å². The second-order valence-electron chi connectivity index (χ2n) is 10.2. The van der Waals surface area contributed by atoms with Crippen LogP contribution < -0.4 is 0 Å². The first-order chi connectivity index (χ1) is 16.7. The molecule has 1 aliphatic carbocycles. The van der Waals surface area contributed by atoms with Crippen molar-refractivity contribution in [3.05, 3.63) is 69.7 Å². The summed E-state index contributed by atoms with van der Waals surface area (Å²) in [6, 6.07) is 14.8. The Bertz CT molecular complexity index is 1060. The summed E-state index contributed by atoms with van der Waals surface area (Å²) in [5.41, 5.74) is 0.900. The van der Waals surface area contributed by atoms with E-state index in [1.807, 2.05) is 53.4 Å². The summed E-state index contributed by atoms with van der Waals surface area (Å²) in [4.78, 5) is 27.9. The van der Waals surface area contributed by atoms with Crippen LogP contribution in [0.25, 0.3) is 0 Å². The Balaban J connectivity index is 1.81. The highest BCUT2D eigenvalue weighted by Gasteiger charge is 2.52. The second kappa shape index (κ2) is 10.9. The molecule has 188 valence electrons. The number of benzene rings is 2. The predicted octanol–water partition coefficient (Wildman–Crippen LogP) is 6.74. The van der Waals surface area contributed by atoms with Crippen LogP contribution in [0.2, 0.25) is 10.0 Å². The molecule has 1 amide bonds. The number of rotatable bonds is 10. The van der Waals surface area contributed by atoms with Gasteiger partial charge in [-0.25, -0.2) is 0 Å². The van der Waals surface area contributed by atoms with Crippen LogP contribution >= 0.6 is 23.2 Å². The summed E-state index contributed by atoms with van der Waals surface area (Å²) in [7, 11) is 0. The lowest BCUT2D eigenvalue weighted by Gasteiger charge is -2.51. The summed E-state index contributed by atoms with van der Waals surface area (Å²) in [5.74, 6) is -0.642. The molecule has 0 bridgehead atoms. The normalized spacial score (nSPS) is 25.5. The highest BCUT2D eigenvalue weighted by Crippen LogP contribution is 2.52. The highest BCUT2D eigenvalue weighted by atomic mass is 35.5. The van der Waals surface area contributed by atoms with Crippen molar-refractivity contribution in [2.75, 3.05) is 13.2 Å². The van der Waals surface area contributed by atoms with E-state index in [0.717, 1.165) is 11.1 Å². The first-order valence-corrected chi connectivity index (χ1v) is 13.1. The number of carbonyl (C=O) groups excluding carboxylic acids is 1. The molecular formula is C28H33Cl2NO4. The van der Waals surface area contributed by atoms with Gasteiger partial charge in [0.1, 0.15) is 0 Å². The maximum Gasteiger partial charge on any atom is 0.304 e. The van der Waals surface area contributed by atoms with Crippen LogP contribution in [0, 0.1) is 11.3 Å². The Morgan fingerprint density at radius 1 is 1.14 bits per heavy atom. The van der Waals surface area contributed by atoms with Gasteiger partial charge in [0.2, 0.25) is 5.91 Å². The Labute approximate surface area is 217 Å². The fourth-order valence-corrected chi connectivity index (χ4v) is 5.66. The quantitative estimate of drug-likeness (QED) is 0.379. The number of amides is 1. The molecule has 4 rings (SSSR count). The van der Waals surface area contributed by atoms with Crippen LogP contribution in [0.15, 0.2) is 48.5 Å². The number of halogens is 2. The smallest absolute Gasteiger partial charge is 0.304 e. The van der Waals surface area contributed by atoms with Gasteiger partial charge in [0.05, 0.1) is 30.5 Å². The van der Waals surface area contributed by atoms with E-state index >= 15 is 0 Å². The van der Waals surface area contributed by atoms with Crippen molar-refractivity contribution < 1.29 is 19.4 Å². The summed E-state index contributed by atoms with van der Waals surface area (Å²) >= 11 is 12.6. The van der Waals surface area contributed by atoms with Crippen molar-refractivity contribution in [2.45, 2.75) is 64.0 Å². The second-order valence-corrected chi connectivity index (χ2v) is 11.1. The Kier molecular flexibility index (Phi) is 8.09. The zero-order valence-electron chi connectivity index (χ0n) is 20.3. The van der Waals surface area contributed by atoms with Crippen LogP contribution in [0.1, 0.15) is 69.0 Å². The molecular weight excluding hydrogens is 485 g/mol. The van der Waals surface area contributed by atoms with Gasteiger partial charge in [-0.15, -0.1) is 0 Å². The van der Waals surface area contributed by atoms with Crippen molar-refractivity contribution in [1.82, 2.24) is 4.90 Å². The van der Waals surface area contributed by atoms with E-state index in [9.17, 15) is 14.7 Å². The fraction of sp³-hybridized carbons (Fsp3) is 0.500. The first kappa shape index (κ1) is 26.0. The number of ether oxygens (including phenoxy) is 1. The van der Waals surface area contributed by atoms with Gasteiger partial charge in [0.25, 0.3) is 0 Å². The number of hydrogen-bond acceptors (Lipinski definition) is 3. The SMILES string of the molecule is CC[C@@H](COCC1CC1)N1C(=O)[C@](C)(CC(=O)O)C[C@H](c2cccc(Cl)c2)[C@H]1c1ccc(Cl)cc1.